The average molecular weight is 219 g/mol. The first-order chi connectivity index (χ1) is 7.51. The number of carbonyl (C=O) groups excluding carboxylic acids is 1. The van der Waals surface area contributed by atoms with E-state index >= 15 is 0 Å². The van der Waals surface area contributed by atoms with Crippen LogP contribution in [0.3, 0.4) is 0 Å². The Morgan fingerprint density at radius 2 is 2.00 bits per heavy atom. The summed E-state index contributed by atoms with van der Waals surface area (Å²) in [5.74, 6) is 0.0575. The van der Waals surface area contributed by atoms with Crippen molar-refractivity contribution in [1.29, 1.82) is 0 Å². The van der Waals surface area contributed by atoms with Crippen molar-refractivity contribution in [2.24, 2.45) is 0 Å². The normalized spacial score (nSPS) is 25.9. The number of β-amino-alcohol motifs (C(OH)–C–C–N with tert-alkyl or cyclic N) is 1. The van der Waals surface area contributed by atoms with Gasteiger partial charge in [0, 0.05) is 18.7 Å². The molecule has 1 heterocycles. The van der Waals surface area contributed by atoms with Gasteiger partial charge in [0.1, 0.15) is 5.60 Å². The zero-order valence-corrected chi connectivity index (χ0v) is 9.73. The van der Waals surface area contributed by atoms with E-state index in [9.17, 15) is 9.90 Å². The van der Waals surface area contributed by atoms with Crippen LogP contribution in [-0.2, 0) is 5.60 Å². The van der Waals surface area contributed by atoms with Crippen LogP contribution in [0.2, 0.25) is 0 Å². The van der Waals surface area contributed by atoms with Crippen LogP contribution >= 0.6 is 0 Å². The Morgan fingerprint density at radius 3 is 2.44 bits per heavy atom. The zero-order valence-electron chi connectivity index (χ0n) is 9.73. The molecule has 1 aliphatic rings. The highest BCUT2D eigenvalue weighted by Gasteiger charge is 2.35. The molecule has 0 bridgehead atoms. The topological polar surface area (TPSA) is 40.5 Å². The van der Waals surface area contributed by atoms with Gasteiger partial charge in [0.05, 0.1) is 0 Å². The van der Waals surface area contributed by atoms with E-state index in [1.165, 1.54) is 0 Å². The Balaban J connectivity index is 2.25. The molecular formula is C13H17NO2. The number of Topliss-reactive ketones (excluding diaryl/α,β-unsaturated/α-hetero) is 1. The van der Waals surface area contributed by atoms with E-state index < -0.39 is 5.60 Å². The number of hydrogen-bond acceptors (Lipinski definition) is 3. The van der Waals surface area contributed by atoms with Gasteiger partial charge in [-0.3, -0.25) is 4.79 Å². The van der Waals surface area contributed by atoms with Crippen molar-refractivity contribution in [3.63, 3.8) is 0 Å². The van der Waals surface area contributed by atoms with Crippen LogP contribution in [-0.4, -0.2) is 35.9 Å². The second-order valence-electron chi connectivity index (χ2n) is 4.65. The van der Waals surface area contributed by atoms with Crippen molar-refractivity contribution in [1.82, 2.24) is 4.90 Å². The molecule has 86 valence electrons. The van der Waals surface area contributed by atoms with E-state index in [4.69, 9.17) is 0 Å². The van der Waals surface area contributed by atoms with E-state index in [-0.39, 0.29) is 5.78 Å². The number of likely N-dealkylation sites (N-methyl/N-ethyl adjacent to an activating group) is 1. The minimum atomic E-state index is -0.746. The van der Waals surface area contributed by atoms with Crippen molar-refractivity contribution in [3.05, 3.63) is 35.4 Å². The van der Waals surface area contributed by atoms with E-state index in [0.29, 0.717) is 12.1 Å². The lowest BCUT2D eigenvalue weighted by Gasteiger charge is -2.23. The summed E-state index contributed by atoms with van der Waals surface area (Å²) in [5.41, 5.74) is 0.852. The molecule has 3 heteroatoms. The molecule has 1 aliphatic heterocycles. The van der Waals surface area contributed by atoms with Gasteiger partial charge in [-0.2, -0.15) is 0 Å². The number of benzene rings is 1. The van der Waals surface area contributed by atoms with Crippen LogP contribution in [0.5, 0.6) is 0 Å². The SMILES string of the molecule is CC(=O)c1ccc(C2(O)CCN(C)C2)cc1. The maximum Gasteiger partial charge on any atom is 0.159 e. The molecule has 1 N–H and O–H groups in total. The fourth-order valence-electron chi connectivity index (χ4n) is 2.23. The number of ketones is 1. The molecule has 1 atom stereocenters. The molecule has 1 aromatic carbocycles. The van der Waals surface area contributed by atoms with Crippen LogP contribution < -0.4 is 0 Å². The number of nitrogens with zero attached hydrogens (tertiary/aromatic N) is 1. The van der Waals surface area contributed by atoms with Crippen LogP contribution in [0, 0.1) is 0 Å². The first-order valence-electron chi connectivity index (χ1n) is 5.54. The first kappa shape index (κ1) is 11.3. The van der Waals surface area contributed by atoms with Crippen LogP contribution in [0.15, 0.2) is 24.3 Å². The molecule has 0 amide bonds. The fraction of sp³-hybridized carbons (Fsp3) is 0.462. The molecule has 1 aromatic rings. The maximum absolute atomic E-state index is 11.1. The average Bonchev–Trinajstić information content (AvgIpc) is 2.60. The molecule has 1 fully saturated rings. The molecule has 0 radical (unpaired) electrons. The lowest BCUT2D eigenvalue weighted by molar-refractivity contribution is 0.0488. The fourth-order valence-corrected chi connectivity index (χ4v) is 2.23. The van der Waals surface area contributed by atoms with Crippen molar-refractivity contribution in [3.8, 4) is 0 Å². The van der Waals surface area contributed by atoms with Crippen LogP contribution in [0.1, 0.15) is 29.3 Å². The van der Waals surface area contributed by atoms with Gasteiger partial charge in [0.15, 0.2) is 5.78 Å². The standard InChI is InChI=1S/C13H17NO2/c1-10(15)11-3-5-12(6-4-11)13(16)7-8-14(2)9-13/h3-6,16H,7-9H2,1-2H3. The highest BCUT2D eigenvalue weighted by Crippen LogP contribution is 2.31. The molecular weight excluding hydrogens is 202 g/mol. The van der Waals surface area contributed by atoms with Gasteiger partial charge in [0.25, 0.3) is 0 Å². The third kappa shape index (κ3) is 2.01. The molecule has 16 heavy (non-hydrogen) atoms. The van der Waals surface area contributed by atoms with Crippen LogP contribution in [0.25, 0.3) is 0 Å². The lowest BCUT2D eigenvalue weighted by atomic mass is 9.92. The summed E-state index contributed by atoms with van der Waals surface area (Å²) in [5, 5.41) is 10.4. The molecule has 0 aliphatic carbocycles. The van der Waals surface area contributed by atoms with Gasteiger partial charge < -0.3 is 10.0 Å². The van der Waals surface area contributed by atoms with Crippen molar-refractivity contribution >= 4 is 5.78 Å². The van der Waals surface area contributed by atoms with Gasteiger partial charge in [-0.15, -0.1) is 0 Å². The molecule has 1 saturated heterocycles. The number of likely N-dealkylation sites (tertiary alicyclic amines) is 1. The van der Waals surface area contributed by atoms with E-state index in [2.05, 4.69) is 4.90 Å². The Hall–Kier alpha value is -1.19. The maximum atomic E-state index is 11.1. The minimum Gasteiger partial charge on any atom is -0.384 e. The van der Waals surface area contributed by atoms with Crippen molar-refractivity contribution in [2.45, 2.75) is 18.9 Å². The molecule has 0 aromatic heterocycles. The van der Waals surface area contributed by atoms with Gasteiger partial charge >= 0.3 is 0 Å². The molecule has 3 nitrogen and oxygen atoms in total. The predicted molar refractivity (Wildman–Crippen MR) is 62.5 cm³/mol. The molecule has 0 saturated carbocycles. The Bertz CT molecular complexity index is 399. The predicted octanol–water partition coefficient (Wildman–Crippen LogP) is 1.41. The van der Waals surface area contributed by atoms with Gasteiger partial charge in [0.2, 0.25) is 0 Å². The Labute approximate surface area is 95.7 Å². The highest BCUT2D eigenvalue weighted by molar-refractivity contribution is 5.94. The minimum absolute atomic E-state index is 0.0575. The summed E-state index contributed by atoms with van der Waals surface area (Å²) in [6, 6.07) is 7.29. The summed E-state index contributed by atoms with van der Waals surface area (Å²) in [6.45, 7) is 3.12. The third-order valence-electron chi connectivity index (χ3n) is 3.27. The van der Waals surface area contributed by atoms with Gasteiger partial charge in [-0.1, -0.05) is 24.3 Å². The third-order valence-corrected chi connectivity index (χ3v) is 3.27. The summed E-state index contributed by atoms with van der Waals surface area (Å²) < 4.78 is 0. The van der Waals surface area contributed by atoms with E-state index in [0.717, 1.165) is 18.5 Å². The van der Waals surface area contributed by atoms with Gasteiger partial charge in [-0.05, 0) is 26.0 Å². The first-order valence-corrected chi connectivity index (χ1v) is 5.54. The monoisotopic (exact) mass is 219 g/mol. The molecule has 1 unspecified atom stereocenters. The number of rotatable bonds is 2. The Kier molecular flexibility index (Phi) is 2.82. The quantitative estimate of drug-likeness (QED) is 0.765. The number of aliphatic hydroxyl groups is 1. The molecule has 0 spiro atoms. The summed E-state index contributed by atoms with van der Waals surface area (Å²) >= 11 is 0. The van der Waals surface area contributed by atoms with E-state index in [1.807, 2.05) is 19.2 Å². The van der Waals surface area contributed by atoms with E-state index in [1.54, 1.807) is 19.1 Å². The zero-order chi connectivity index (χ0) is 11.8. The smallest absolute Gasteiger partial charge is 0.159 e. The summed E-state index contributed by atoms with van der Waals surface area (Å²) in [7, 11) is 2.00. The molecule has 2 rings (SSSR count). The number of carbonyl (C=O) groups is 1. The van der Waals surface area contributed by atoms with Crippen molar-refractivity contribution in [2.75, 3.05) is 20.1 Å². The number of hydrogen-bond donors (Lipinski definition) is 1. The van der Waals surface area contributed by atoms with Crippen LogP contribution in [0.4, 0.5) is 0 Å². The lowest BCUT2D eigenvalue weighted by Crippen LogP contribution is -2.29. The van der Waals surface area contributed by atoms with Gasteiger partial charge in [-0.25, -0.2) is 0 Å². The summed E-state index contributed by atoms with van der Waals surface area (Å²) in [4.78, 5) is 13.2. The second kappa shape index (κ2) is 4.00. The highest BCUT2D eigenvalue weighted by atomic mass is 16.3. The van der Waals surface area contributed by atoms with Crippen molar-refractivity contribution < 1.29 is 9.90 Å². The largest absolute Gasteiger partial charge is 0.384 e. The second-order valence-corrected chi connectivity index (χ2v) is 4.65. The Morgan fingerprint density at radius 1 is 1.38 bits per heavy atom. The summed E-state index contributed by atoms with van der Waals surface area (Å²) in [6.07, 6.45) is 0.753.